The monoisotopic (exact) mass is 606 g/mol. The highest BCUT2D eigenvalue weighted by atomic mass is 35.5. The number of aromatic nitrogens is 3. The Hall–Kier alpha value is -4.41. The Labute approximate surface area is 247 Å². The Kier molecular flexibility index (Phi) is 5.70. The van der Waals surface area contributed by atoms with Crippen molar-refractivity contribution in [1.29, 1.82) is 0 Å². The number of aromatic hydroxyl groups is 1. The summed E-state index contributed by atoms with van der Waals surface area (Å²) in [7, 11) is 0. The number of fused-ring (bicyclic) bond motifs is 4. The maximum Gasteiger partial charge on any atom is 0.352 e. The van der Waals surface area contributed by atoms with Gasteiger partial charge in [0.25, 0.3) is 11.8 Å². The van der Waals surface area contributed by atoms with Crippen molar-refractivity contribution in [1.82, 2.24) is 13.9 Å². The largest absolute Gasteiger partial charge is 0.508 e. The molecule has 4 aromatic rings. The first-order chi connectivity index (χ1) is 20.1. The Morgan fingerprint density at radius 3 is 2.17 bits per heavy atom. The van der Waals surface area contributed by atoms with Crippen LogP contribution in [0, 0.1) is 5.82 Å². The van der Waals surface area contributed by atoms with E-state index in [-0.39, 0.29) is 30.0 Å². The highest BCUT2D eigenvalue weighted by molar-refractivity contribution is 6.58. The number of alkyl halides is 2. The molecular weight excluding hydrogens is 586 g/mol. The normalized spacial score (nSPS) is 26.5. The molecule has 2 aliphatic heterocycles. The number of nitrogens with zero attached hydrogens (tertiary/aromatic N) is 4. The Balaban J connectivity index is 1.48. The SMILES string of the molecule is O=C1N(c2ccc(F)cc2)C(=O)C2(Cl)C(c3ccccc3O)C3=CCn4c(=O)n(-c5ccccc5)c(=O)n4C3CC12Cl. The second kappa shape index (κ2) is 9.04. The van der Waals surface area contributed by atoms with Gasteiger partial charge in [0.1, 0.15) is 11.6 Å². The van der Waals surface area contributed by atoms with Gasteiger partial charge >= 0.3 is 11.4 Å². The molecule has 1 saturated heterocycles. The molecule has 0 spiro atoms. The number of phenols is 1. The minimum atomic E-state index is -2.14. The maximum absolute atomic E-state index is 14.2. The topological polar surface area (TPSA) is 107 Å². The number of phenolic OH excluding ortho intramolecular Hbond substituents is 1. The summed E-state index contributed by atoms with van der Waals surface area (Å²) in [4.78, 5) is 52.3. The average molecular weight is 607 g/mol. The zero-order valence-electron chi connectivity index (χ0n) is 21.7. The number of amides is 2. The van der Waals surface area contributed by atoms with Crippen LogP contribution in [-0.4, -0.2) is 40.6 Å². The molecule has 9 nitrogen and oxygen atoms in total. The molecular formula is C30H21Cl2FN4O5. The summed E-state index contributed by atoms with van der Waals surface area (Å²) >= 11 is 14.5. The standard InChI is InChI=1S/C30H21Cl2FN4O5/c31-29-16-22-20(14-15-34-27(41)36(28(42)37(22)34)18-6-2-1-3-7-18)24(21-8-4-5-9-23(21)38)30(29,32)26(40)35(25(29)39)19-12-10-17(33)11-13-19/h1-14,22,24,38H,15-16H2. The molecule has 3 heterocycles. The van der Waals surface area contributed by atoms with E-state index in [2.05, 4.69) is 0 Å². The van der Waals surface area contributed by atoms with Crippen LogP contribution < -0.4 is 16.3 Å². The number of hydrogen-bond acceptors (Lipinski definition) is 5. The molecule has 12 heteroatoms. The molecule has 1 saturated carbocycles. The smallest absolute Gasteiger partial charge is 0.352 e. The molecule has 4 unspecified atom stereocenters. The van der Waals surface area contributed by atoms with Crippen molar-refractivity contribution in [3.8, 4) is 11.4 Å². The van der Waals surface area contributed by atoms with Gasteiger partial charge < -0.3 is 5.11 Å². The van der Waals surface area contributed by atoms with Crippen LogP contribution in [-0.2, 0) is 16.1 Å². The van der Waals surface area contributed by atoms with Crippen LogP contribution in [0.3, 0.4) is 0 Å². The minimum Gasteiger partial charge on any atom is -0.508 e. The molecule has 2 fully saturated rings. The third-order valence-corrected chi connectivity index (χ3v) is 9.84. The molecule has 3 aromatic carbocycles. The van der Waals surface area contributed by atoms with E-state index in [4.69, 9.17) is 23.2 Å². The second-order valence-electron chi connectivity index (χ2n) is 10.5. The van der Waals surface area contributed by atoms with Gasteiger partial charge in [-0.05, 0) is 48.0 Å². The number of hydrogen-bond donors (Lipinski definition) is 1. The number of para-hydroxylation sites is 2. The second-order valence-corrected chi connectivity index (χ2v) is 11.8. The third kappa shape index (κ3) is 3.30. The van der Waals surface area contributed by atoms with Crippen molar-refractivity contribution in [2.75, 3.05) is 4.90 Å². The first-order valence-corrected chi connectivity index (χ1v) is 13.8. The van der Waals surface area contributed by atoms with Crippen LogP contribution >= 0.6 is 23.2 Å². The van der Waals surface area contributed by atoms with Gasteiger partial charge in [-0.3, -0.25) is 9.59 Å². The van der Waals surface area contributed by atoms with Gasteiger partial charge in [0.2, 0.25) is 0 Å². The van der Waals surface area contributed by atoms with Crippen LogP contribution in [0.4, 0.5) is 10.1 Å². The van der Waals surface area contributed by atoms with E-state index in [9.17, 15) is 28.7 Å². The van der Waals surface area contributed by atoms with Crippen LogP contribution in [0.5, 0.6) is 5.75 Å². The molecule has 42 heavy (non-hydrogen) atoms. The molecule has 212 valence electrons. The number of carbonyl (C=O) groups is 2. The lowest BCUT2D eigenvalue weighted by molar-refractivity contribution is -0.122. The number of benzene rings is 3. The molecule has 1 aliphatic carbocycles. The lowest BCUT2D eigenvalue weighted by Gasteiger charge is -2.49. The van der Waals surface area contributed by atoms with Gasteiger partial charge in [-0.1, -0.05) is 42.5 Å². The molecule has 7 rings (SSSR count). The van der Waals surface area contributed by atoms with Gasteiger partial charge in [-0.2, -0.15) is 0 Å². The van der Waals surface area contributed by atoms with Gasteiger partial charge in [0.05, 0.1) is 24.0 Å². The van der Waals surface area contributed by atoms with Crippen molar-refractivity contribution in [2.24, 2.45) is 0 Å². The fourth-order valence-corrected chi connectivity index (χ4v) is 7.44. The molecule has 2 amide bonds. The quantitative estimate of drug-likeness (QED) is 0.217. The number of halogens is 3. The van der Waals surface area contributed by atoms with Gasteiger partial charge in [-0.15, -0.1) is 23.2 Å². The summed E-state index contributed by atoms with van der Waals surface area (Å²) in [5.74, 6) is -3.64. The van der Waals surface area contributed by atoms with Crippen LogP contribution in [0.15, 0.2) is 100 Å². The lowest BCUT2D eigenvalue weighted by atomic mass is 9.64. The number of rotatable bonds is 3. The maximum atomic E-state index is 14.2. The minimum absolute atomic E-state index is 0.0318. The molecule has 0 radical (unpaired) electrons. The van der Waals surface area contributed by atoms with Crippen molar-refractivity contribution in [3.63, 3.8) is 0 Å². The zero-order valence-corrected chi connectivity index (χ0v) is 23.2. The Morgan fingerprint density at radius 2 is 1.48 bits per heavy atom. The number of imide groups is 1. The molecule has 1 aromatic heterocycles. The van der Waals surface area contributed by atoms with Gasteiger partial charge in [0, 0.05) is 17.9 Å². The van der Waals surface area contributed by atoms with E-state index < -0.39 is 50.7 Å². The fourth-order valence-electron chi connectivity index (χ4n) is 6.54. The number of allylic oxidation sites excluding steroid dienone is 2. The molecule has 0 bridgehead atoms. The van der Waals surface area contributed by atoms with Crippen molar-refractivity contribution < 1.29 is 19.1 Å². The summed E-state index contributed by atoms with van der Waals surface area (Å²) < 4.78 is 17.3. The van der Waals surface area contributed by atoms with Crippen molar-refractivity contribution in [3.05, 3.63) is 123 Å². The molecule has 3 aliphatic rings. The number of anilines is 1. The summed E-state index contributed by atoms with van der Waals surface area (Å²) in [5.41, 5.74) is -0.142. The predicted molar refractivity (Wildman–Crippen MR) is 153 cm³/mol. The highest BCUT2D eigenvalue weighted by Crippen LogP contribution is 2.64. The first-order valence-electron chi connectivity index (χ1n) is 13.1. The van der Waals surface area contributed by atoms with E-state index in [1.807, 2.05) is 0 Å². The average Bonchev–Trinajstić information content (AvgIpc) is 3.32. The van der Waals surface area contributed by atoms with Crippen LogP contribution in [0.1, 0.15) is 23.9 Å². The van der Waals surface area contributed by atoms with E-state index in [1.54, 1.807) is 54.6 Å². The number of carbonyl (C=O) groups excluding carboxylic acids is 2. The van der Waals surface area contributed by atoms with Crippen molar-refractivity contribution >= 4 is 40.7 Å². The van der Waals surface area contributed by atoms with E-state index >= 15 is 0 Å². The van der Waals surface area contributed by atoms with Crippen molar-refractivity contribution in [2.45, 2.75) is 34.7 Å². The van der Waals surface area contributed by atoms with Gasteiger partial charge in [-0.25, -0.2) is 32.8 Å². The zero-order chi connectivity index (χ0) is 29.6. The summed E-state index contributed by atoms with van der Waals surface area (Å²) in [5, 5.41) is 11.0. The first kappa shape index (κ1) is 26.5. The predicted octanol–water partition coefficient (Wildman–Crippen LogP) is 3.84. The summed E-state index contributed by atoms with van der Waals surface area (Å²) in [6.07, 6.45) is 1.38. The highest BCUT2D eigenvalue weighted by Gasteiger charge is 2.76. The summed E-state index contributed by atoms with van der Waals surface area (Å²) in [6.45, 7) is -0.0318. The summed E-state index contributed by atoms with van der Waals surface area (Å²) in [6, 6.07) is 18.4. The van der Waals surface area contributed by atoms with Gasteiger partial charge in [0.15, 0.2) is 9.75 Å². The molecule has 1 N–H and O–H groups in total. The van der Waals surface area contributed by atoms with E-state index in [0.717, 1.165) is 21.6 Å². The Bertz CT molecular complexity index is 1950. The van der Waals surface area contributed by atoms with E-state index in [1.165, 1.54) is 27.6 Å². The van der Waals surface area contributed by atoms with E-state index in [0.29, 0.717) is 11.3 Å². The van der Waals surface area contributed by atoms with Crippen LogP contribution in [0.25, 0.3) is 5.69 Å². The van der Waals surface area contributed by atoms with Crippen LogP contribution in [0.2, 0.25) is 0 Å². The third-order valence-electron chi connectivity index (χ3n) is 8.43. The lowest BCUT2D eigenvalue weighted by Crippen LogP contribution is -2.59. The molecule has 4 atom stereocenters. The Morgan fingerprint density at radius 1 is 0.810 bits per heavy atom. The fraction of sp³-hybridized carbons (Fsp3) is 0.200.